The molecule has 0 spiro atoms. The Hall–Kier alpha value is -0.0500. The number of benzene rings is 1. The third kappa shape index (κ3) is 1.60. The maximum absolute atomic E-state index is 13.4. The molecule has 1 saturated carbocycles. The van der Waals surface area contributed by atoms with Crippen LogP contribution in [0.3, 0.4) is 0 Å². The van der Waals surface area contributed by atoms with Gasteiger partial charge in [0, 0.05) is 5.92 Å². The Bertz CT molecular complexity index is 390. The average Bonchev–Trinajstić information content (AvgIpc) is 2.71. The zero-order valence-corrected chi connectivity index (χ0v) is 9.10. The first kappa shape index (κ1) is 10.5. The summed E-state index contributed by atoms with van der Waals surface area (Å²) in [5.41, 5.74) is 0.279. The molecule has 0 nitrogen and oxygen atoms in total. The third-order valence-electron chi connectivity index (χ3n) is 2.27. The van der Waals surface area contributed by atoms with Crippen molar-refractivity contribution in [2.45, 2.75) is 16.7 Å². The van der Waals surface area contributed by atoms with Crippen LogP contribution in [-0.4, -0.2) is 4.33 Å². The van der Waals surface area contributed by atoms with Crippen LogP contribution in [0.2, 0.25) is 5.02 Å². The minimum atomic E-state index is -0.929. The quantitative estimate of drug-likeness (QED) is 0.520. The normalized spacial score (nSPS) is 23.6. The molecular formula is C9H5Cl3F2. The van der Waals surface area contributed by atoms with Crippen molar-refractivity contribution in [2.75, 3.05) is 0 Å². The fraction of sp³-hybridized carbons (Fsp3) is 0.333. The molecule has 1 atom stereocenters. The molecule has 1 aromatic carbocycles. The van der Waals surface area contributed by atoms with Crippen LogP contribution in [-0.2, 0) is 0 Å². The molecule has 0 aliphatic heterocycles. The highest BCUT2D eigenvalue weighted by Crippen LogP contribution is 2.60. The largest absolute Gasteiger partial charge is 0.205 e. The van der Waals surface area contributed by atoms with Crippen molar-refractivity contribution in [3.05, 3.63) is 34.4 Å². The first-order chi connectivity index (χ1) is 6.43. The SMILES string of the molecule is Fc1ccc(C2CC2(Cl)Cl)c(F)c1Cl. The van der Waals surface area contributed by atoms with Gasteiger partial charge in [-0.2, -0.15) is 0 Å². The Balaban J connectivity index is 2.42. The molecule has 76 valence electrons. The predicted molar refractivity (Wildman–Crippen MR) is 53.2 cm³/mol. The van der Waals surface area contributed by atoms with Gasteiger partial charge in [0.05, 0.1) is 0 Å². The van der Waals surface area contributed by atoms with E-state index in [1.807, 2.05) is 0 Å². The van der Waals surface area contributed by atoms with Gasteiger partial charge < -0.3 is 0 Å². The predicted octanol–water partition coefficient (Wildman–Crippen LogP) is 4.28. The molecule has 2 rings (SSSR count). The van der Waals surface area contributed by atoms with Gasteiger partial charge in [-0.1, -0.05) is 17.7 Å². The number of hydrogen-bond donors (Lipinski definition) is 0. The summed E-state index contributed by atoms with van der Waals surface area (Å²) in [6.07, 6.45) is 0.467. The molecule has 0 amide bonds. The van der Waals surface area contributed by atoms with Crippen molar-refractivity contribution in [2.24, 2.45) is 0 Å². The van der Waals surface area contributed by atoms with Crippen molar-refractivity contribution in [1.29, 1.82) is 0 Å². The highest BCUT2D eigenvalue weighted by Gasteiger charge is 2.53. The molecule has 0 N–H and O–H groups in total. The van der Waals surface area contributed by atoms with Crippen LogP contribution < -0.4 is 0 Å². The summed E-state index contributed by atoms with van der Waals surface area (Å²) in [7, 11) is 0. The van der Waals surface area contributed by atoms with Gasteiger partial charge in [0.2, 0.25) is 0 Å². The van der Waals surface area contributed by atoms with E-state index < -0.39 is 21.0 Å². The van der Waals surface area contributed by atoms with Gasteiger partial charge in [0.25, 0.3) is 0 Å². The number of rotatable bonds is 1. The van der Waals surface area contributed by atoms with Crippen molar-refractivity contribution < 1.29 is 8.78 Å². The molecule has 1 aliphatic rings. The second-order valence-corrected chi connectivity index (χ2v) is 5.20. The summed E-state index contributed by atoms with van der Waals surface area (Å²) >= 11 is 16.9. The van der Waals surface area contributed by atoms with Crippen LogP contribution in [0.5, 0.6) is 0 Å². The minimum absolute atomic E-state index is 0.279. The average molecular weight is 257 g/mol. The Morgan fingerprint density at radius 1 is 1.29 bits per heavy atom. The molecule has 1 aromatic rings. The molecule has 0 aromatic heterocycles. The highest BCUT2D eigenvalue weighted by atomic mass is 35.5. The van der Waals surface area contributed by atoms with E-state index in [1.54, 1.807) is 0 Å². The first-order valence-corrected chi connectivity index (χ1v) is 5.08. The van der Waals surface area contributed by atoms with Crippen LogP contribution in [0, 0.1) is 11.6 Å². The number of halogens is 5. The molecule has 5 heteroatoms. The van der Waals surface area contributed by atoms with Gasteiger partial charge in [-0.05, 0) is 18.1 Å². The second kappa shape index (κ2) is 3.22. The smallest absolute Gasteiger partial charge is 0.148 e. The molecule has 0 saturated heterocycles. The maximum atomic E-state index is 13.4. The zero-order valence-electron chi connectivity index (χ0n) is 6.83. The second-order valence-electron chi connectivity index (χ2n) is 3.28. The standard InChI is InChI=1S/C9H5Cl3F2/c10-7-6(13)2-1-4(8(7)14)5-3-9(5,11)12/h1-2,5H,3H2. The maximum Gasteiger partial charge on any atom is 0.148 e. The summed E-state index contributed by atoms with van der Waals surface area (Å²) in [6, 6.07) is 2.44. The first-order valence-electron chi connectivity index (χ1n) is 3.94. The summed E-state index contributed by atoms with van der Waals surface area (Å²) in [6.45, 7) is 0. The van der Waals surface area contributed by atoms with E-state index in [0.717, 1.165) is 6.07 Å². The van der Waals surface area contributed by atoms with E-state index in [9.17, 15) is 8.78 Å². The molecule has 1 fully saturated rings. The summed E-state index contributed by atoms with van der Waals surface area (Å²) < 4.78 is 25.3. The van der Waals surface area contributed by atoms with Gasteiger partial charge in [-0.3, -0.25) is 0 Å². The van der Waals surface area contributed by atoms with E-state index in [-0.39, 0.29) is 11.5 Å². The molecule has 0 bridgehead atoms. The van der Waals surface area contributed by atoms with Crippen LogP contribution in [0.1, 0.15) is 17.9 Å². The van der Waals surface area contributed by atoms with E-state index in [0.29, 0.717) is 6.42 Å². The summed E-state index contributed by atoms with van der Waals surface area (Å²) in [5.74, 6) is -1.83. The van der Waals surface area contributed by atoms with Gasteiger partial charge in [0.15, 0.2) is 0 Å². The lowest BCUT2D eigenvalue weighted by Crippen LogP contribution is -1.96. The van der Waals surface area contributed by atoms with Crippen LogP contribution >= 0.6 is 34.8 Å². The molecule has 14 heavy (non-hydrogen) atoms. The van der Waals surface area contributed by atoms with Crippen molar-refractivity contribution in [1.82, 2.24) is 0 Å². The molecule has 0 heterocycles. The van der Waals surface area contributed by atoms with Crippen molar-refractivity contribution in [3.63, 3.8) is 0 Å². The molecular weight excluding hydrogens is 252 g/mol. The van der Waals surface area contributed by atoms with Crippen molar-refractivity contribution in [3.8, 4) is 0 Å². The third-order valence-corrected chi connectivity index (χ3v) is 3.45. The van der Waals surface area contributed by atoms with Gasteiger partial charge in [-0.25, -0.2) is 8.78 Å². The minimum Gasteiger partial charge on any atom is -0.205 e. The van der Waals surface area contributed by atoms with Gasteiger partial charge in [-0.15, -0.1) is 23.2 Å². The van der Waals surface area contributed by atoms with E-state index in [4.69, 9.17) is 34.8 Å². The zero-order chi connectivity index (χ0) is 10.5. The van der Waals surface area contributed by atoms with Crippen LogP contribution in [0.4, 0.5) is 8.78 Å². The Kier molecular flexibility index (Phi) is 2.41. The van der Waals surface area contributed by atoms with E-state index >= 15 is 0 Å². The van der Waals surface area contributed by atoms with Crippen molar-refractivity contribution >= 4 is 34.8 Å². The summed E-state index contributed by atoms with van der Waals surface area (Å²) in [4.78, 5) is 0. The van der Waals surface area contributed by atoms with Crippen LogP contribution in [0.25, 0.3) is 0 Å². The fourth-order valence-electron chi connectivity index (χ4n) is 1.36. The lowest BCUT2D eigenvalue weighted by atomic mass is 10.1. The Morgan fingerprint density at radius 2 is 1.86 bits per heavy atom. The van der Waals surface area contributed by atoms with E-state index in [2.05, 4.69) is 0 Å². The van der Waals surface area contributed by atoms with E-state index in [1.165, 1.54) is 6.07 Å². The van der Waals surface area contributed by atoms with Gasteiger partial charge >= 0.3 is 0 Å². The Labute approximate surface area is 94.8 Å². The Morgan fingerprint density at radius 3 is 2.36 bits per heavy atom. The summed E-state index contributed by atoms with van der Waals surface area (Å²) in [5, 5.41) is -0.501. The van der Waals surface area contributed by atoms with Crippen LogP contribution in [0.15, 0.2) is 12.1 Å². The highest BCUT2D eigenvalue weighted by molar-refractivity contribution is 6.51. The monoisotopic (exact) mass is 256 g/mol. The lowest BCUT2D eigenvalue weighted by Gasteiger charge is -2.04. The topological polar surface area (TPSA) is 0 Å². The molecule has 1 unspecified atom stereocenters. The molecule has 0 radical (unpaired) electrons. The number of alkyl halides is 2. The fourth-order valence-corrected chi connectivity index (χ4v) is 2.08. The van der Waals surface area contributed by atoms with Gasteiger partial charge in [0.1, 0.15) is 21.0 Å². The molecule has 1 aliphatic carbocycles. The number of hydrogen-bond acceptors (Lipinski definition) is 0. The lowest BCUT2D eigenvalue weighted by molar-refractivity contribution is 0.573.